The van der Waals surface area contributed by atoms with Crippen molar-refractivity contribution in [2.24, 2.45) is 0 Å². The van der Waals surface area contributed by atoms with Gasteiger partial charge in [-0.2, -0.15) is 18.2 Å². The van der Waals surface area contributed by atoms with Crippen molar-refractivity contribution in [1.29, 1.82) is 0 Å². The number of aliphatic hydroxyl groups excluding tert-OH is 1. The molecule has 1 aromatic carbocycles. The van der Waals surface area contributed by atoms with Crippen LogP contribution in [0.15, 0.2) is 24.3 Å². The number of non-ortho nitro benzene ring substituents is 1. The zero-order valence-electron chi connectivity index (χ0n) is 8.18. The van der Waals surface area contributed by atoms with Crippen LogP contribution in [-0.2, 0) is 19.5 Å². The molecule has 0 aromatic heterocycles. The summed E-state index contributed by atoms with van der Waals surface area (Å²) in [6, 6.07) is 8.51. The van der Waals surface area contributed by atoms with Crippen LogP contribution in [0, 0.1) is 16.2 Å². The van der Waals surface area contributed by atoms with Crippen molar-refractivity contribution in [2.45, 2.75) is 13.3 Å². The van der Waals surface area contributed by atoms with E-state index in [1.807, 2.05) is 6.92 Å². The quantitative estimate of drug-likeness (QED) is 0.496. The van der Waals surface area contributed by atoms with Crippen molar-refractivity contribution in [3.05, 3.63) is 40.4 Å². The Hall–Kier alpha value is -1.11. The van der Waals surface area contributed by atoms with Crippen molar-refractivity contribution < 1.29 is 29.6 Å². The molecule has 1 rings (SSSR count). The van der Waals surface area contributed by atoms with Crippen molar-refractivity contribution in [1.82, 2.24) is 0 Å². The summed E-state index contributed by atoms with van der Waals surface area (Å²) in [7, 11) is 0. The van der Waals surface area contributed by atoms with E-state index in [9.17, 15) is 10.1 Å². The summed E-state index contributed by atoms with van der Waals surface area (Å²) < 4.78 is 7.94. The van der Waals surface area contributed by atoms with Gasteiger partial charge in [-0.25, -0.2) is 0 Å². The Morgan fingerprint density at radius 2 is 1.87 bits per heavy atom. The van der Waals surface area contributed by atoms with Gasteiger partial charge in [-0.3, -0.25) is 10.1 Å². The van der Waals surface area contributed by atoms with E-state index in [0.717, 1.165) is 6.42 Å². The fourth-order valence-electron chi connectivity index (χ4n) is 0.500. The first-order valence-electron chi connectivity index (χ1n) is 4.07. The van der Waals surface area contributed by atoms with E-state index in [4.69, 9.17) is 8.97 Å². The predicted octanol–water partition coefficient (Wildman–Crippen LogP) is 1.66. The van der Waals surface area contributed by atoms with Gasteiger partial charge < -0.3 is 5.11 Å². The molecule has 0 unspecified atom stereocenters. The summed E-state index contributed by atoms with van der Waals surface area (Å²) in [4.78, 5) is 9.56. The zero-order valence-corrected chi connectivity index (χ0v) is 9.22. The molecule has 0 bridgehead atoms. The number of aliphatic hydroxyl groups is 1. The molecule has 1 aromatic rings. The van der Waals surface area contributed by atoms with Crippen LogP contribution in [0.2, 0.25) is 0 Å². The van der Waals surface area contributed by atoms with Crippen LogP contribution in [0.5, 0.6) is 0 Å². The summed E-state index contributed by atoms with van der Waals surface area (Å²) in [5.74, 6) is 0. The summed E-state index contributed by atoms with van der Waals surface area (Å²) in [5.41, 5.74) is 0.105. The van der Waals surface area contributed by atoms with Gasteiger partial charge in [-0.05, 0) is 6.42 Å². The van der Waals surface area contributed by atoms with Gasteiger partial charge in [0.15, 0.2) is 5.69 Å². The minimum absolute atomic E-state index is 0.105. The Morgan fingerprint density at radius 3 is 2.07 bits per heavy atom. The minimum atomic E-state index is -0.437. The third-order valence-corrected chi connectivity index (χ3v) is 1.14. The van der Waals surface area contributed by atoms with Gasteiger partial charge >= 0.3 is 19.5 Å². The average Bonchev–Trinajstić information content (AvgIpc) is 2.33. The van der Waals surface area contributed by atoms with Crippen molar-refractivity contribution in [3.8, 4) is 0 Å². The van der Waals surface area contributed by atoms with Crippen LogP contribution in [0.3, 0.4) is 0 Å². The second kappa shape index (κ2) is 12.9. The Labute approximate surface area is 96.1 Å². The number of nitro benzene ring substituents is 1. The van der Waals surface area contributed by atoms with Crippen molar-refractivity contribution >= 4 is 5.69 Å². The molecule has 0 amide bonds. The maximum atomic E-state index is 9.99. The topological polar surface area (TPSA) is 80.4 Å². The normalized spacial score (nSPS) is 7.67. The first-order valence-corrected chi connectivity index (χ1v) is 4.49. The fourth-order valence-corrected chi connectivity index (χ4v) is 0.500. The summed E-state index contributed by atoms with van der Waals surface area (Å²) >= 11 is 2.31. The number of hydrogen-bond acceptors (Lipinski definition) is 4. The third-order valence-electron chi connectivity index (χ3n) is 1.14. The second-order valence-electron chi connectivity index (χ2n) is 2.24. The molecule has 0 aliphatic heterocycles. The van der Waals surface area contributed by atoms with E-state index in [-0.39, 0.29) is 5.69 Å². The van der Waals surface area contributed by atoms with Crippen LogP contribution in [0.4, 0.5) is 5.69 Å². The number of hydrogen-bond donors (Lipinski definition) is 1. The number of benzene rings is 1. The molecule has 0 atom stereocenters. The molecule has 87 valence electrons. The Morgan fingerprint density at radius 1 is 1.47 bits per heavy atom. The van der Waals surface area contributed by atoms with E-state index >= 15 is 0 Å². The van der Waals surface area contributed by atoms with E-state index in [0.29, 0.717) is 6.61 Å². The van der Waals surface area contributed by atoms with Crippen LogP contribution >= 0.6 is 0 Å². The zero-order chi connectivity index (χ0) is 12.1. The molecule has 0 spiro atoms. The molecule has 6 heteroatoms. The van der Waals surface area contributed by atoms with Gasteiger partial charge in [-0.1, -0.05) is 19.1 Å². The first-order chi connectivity index (χ1) is 7.22. The summed E-state index contributed by atoms with van der Waals surface area (Å²) in [5, 5.41) is 17.9. The molecule has 0 heterocycles. The first kappa shape index (κ1) is 16.3. The predicted molar refractivity (Wildman–Crippen MR) is 50.0 cm³/mol. The molecule has 0 saturated heterocycles. The van der Waals surface area contributed by atoms with Crippen LogP contribution in [0.1, 0.15) is 13.3 Å². The van der Waals surface area contributed by atoms with E-state index < -0.39 is 4.92 Å². The van der Waals surface area contributed by atoms with E-state index in [2.05, 4.69) is 21.7 Å². The number of rotatable bonds is 2. The summed E-state index contributed by atoms with van der Waals surface area (Å²) in [6.45, 7) is 2.25. The Kier molecular flexibility index (Phi) is 14.0. The Bertz CT molecular complexity index is 254. The average molecular weight is 257 g/mol. The van der Waals surface area contributed by atoms with Gasteiger partial charge in [0.25, 0.3) is 0 Å². The van der Waals surface area contributed by atoms with Gasteiger partial charge in [-0.15, -0.1) is 0 Å². The number of nitro groups is 1. The van der Waals surface area contributed by atoms with Crippen LogP contribution in [0.25, 0.3) is 0 Å². The number of nitrogens with zero attached hydrogens (tertiary/aromatic N) is 1. The molecule has 0 saturated carbocycles. The maximum absolute atomic E-state index is 9.99. The second-order valence-corrected chi connectivity index (χ2v) is 2.24. The molecule has 0 aliphatic carbocycles. The molecule has 5 nitrogen and oxygen atoms in total. The standard InChI is InChI=1S/C6H4NO2.C3H8O.Co.O/c8-7(9)6-4-2-1-3-5-6;1-2-3-4;;/h2-5H;4H,2-3H2,1H3;;/q-1;;;. The molecule has 0 aliphatic rings. The molecular formula is C9H12CoNO4-. The van der Waals surface area contributed by atoms with Crippen LogP contribution < -0.4 is 0 Å². The van der Waals surface area contributed by atoms with Gasteiger partial charge in [0, 0.05) is 11.5 Å². The van der Waals surface area contributed by atoms with E-state index in [1.54, 1.807) is 0 Å². The molecular weight excluding hydrogens is 245 g/mol. The SMILES string of the molecule is CCCO.O=[N+]([O-])c1cc[c-]cc1.[O]=[Co]. The molecule has 1 N–H and O–H groups in total. The van der Waals surface area contributed by atoms with Crippen LogP contribution in [-0.4, -0.2) is 16.6 Å². The molecule has 15 heavy (non-hydrogen) atoms. The van der Waals surface area contributed by atoms with Crippen molar-refractivity contribution in [2.75, 3.05) is 6.61 Å². The van der Waals surface area contributed by atoms with Gasteiger partial charge in [0.1, 0.15) is 0 Å². The summed E-state index contributed by atoms with van der Waals surface area (Å²) in [6.07, 6.45) is 0.875. The fraction of sp³-hybridized carbons (Fsp3) is 0.333. The monoisotopic (exact) mass is 257 g/mol. The third kappa shape index (κ3) is 10.8. The van der Waals surface area contributed by atoms with E-state index in [1.165, 1.54) is 24.3 Å². The van der Waals surface area contributed by atoms with Gasteiger partial charge in [0.2, 0.25) is 0 Å². The molecule has 0 fully saturated rings. The Balaban J connectivity index is 0. The van der Waals surface area contributed by atoms with Gasteiger partial charge in [0.05, 0.1) is 0 Å². The van der Waals surface area contributed by atoms with Crippen molar-refractivity contribution in [3.63, 3.8) is 0 Å². The molecule has 0 radical (unpaired) electrons.